The number of rotatable bonds is 2. The predicted octanol–water partition coefficient (Wildman–Crippen LogP) is 1.59. The number of aryl methyl sites for hydroxylation is 2. The van der Waals surface area contributed by atoms with E-state index in [1.54, 1.807) is 7.05 Å². The first-order valence-electron chi connectivity index (χ1n) is 6.46. The Morgan fingerprint density at radius 1 is 1.27 bits per heavy atom. The minimum atomic E-state index is -4.06. The highest BCUT2D eigenvalue weighted by Gasteiger charge is 2.35. The third kappa shape index (κ3) is 2.12. The Kier molecular flexibility index (Phi) is 3.32. The van der Waals surface area contributed by atoms with Gasteiger partial charge in [0.15, 0.2) is 17.4 Å². The van der Waals surface area contributed by atoms with Crippen molar-refractivity contribution in [1.82, 2.24) is 9.78 Å². The van der Waals surface area contributed by atoms with Crippen LogP contribution in [-0.2, 0) is 17.1 Å². The van der Waals surface area contributed by atoms with Crippen LogP contribution in [0.15, 0.2) is 23.2 Å². The highest BCUT2D eigenvalue weighted by molar-refractivity contribution is 7.92. The Bertz CT molecular complexity index is 848. The zero-order chi connectivity index (χ0) is 16.1. The molecule has 0 aliphatic carbocycles. The molecular formula is C13H13F2N3O3S. The normalized spacial score (nSPS) is 14.6. The van der Waals surface area contributed by atoms with Crippen molar-refractivity contribution in [3.8, 4) is 5.75 Å². The number of anilines is 1. The highest BCUT2D eigenvalue weighted by Crippen LogP contribution is 2.39. The fraction of sp³-hybridized carbons (Fsp3) is 0.308. The molecule has 0 spiro atoms. The molecule has 22 heavy (non-hydrogen) atoms. The lowest BCUT2D eigenvalue weighted by Gasteiger charge is -2.30. The zero-order valence-electron chi connectivity index (χ0n) is 11.9. The van der Waals surface area contributed by atoms with Crippen molar-refractivity contribution in [3.63, 3.8) is 0 Å². The fourth-order valence-corrected chi connectivity index (χ4v) is 4.09. The number of halogens is 2. The molecule has 1 aliphatic heterocycles. The molecule has 0 amide bonds. The molecule has 0 unspecified atom stereocenters. The monoisotopic (exact) mass is 329 g/mol. The summed E-state index contributed by atoms with van der Waals surface area (Å²) in [5.74, 6) is -2.06. The van der Waals surface area contributed by atoms with Gasteiger partial charge in [0.2, 0.25) is 0 Å². The van der Waals surface area contributed by atoms with Crippen LogP contribution in [0.1, 0.15) is 5.69 Å². The van der Waals surface area contributed by atoms with Crippen molar-refractivity contribution < 1.29 is 21.9 Å². The minimum Gasteiger partial charge on any atom is -0.486 e. The molecule has 118 valence electrons. The van der Waals surface area contributed by atoms with Gasteiger partial charge in [-0.3, -0.25) is 8.99 Å². The van der Waals surface area contributed by atoms with E-state index in [0.29, 0.717) is 0 Å². The quantitative estimate of drug-likeness (QED) is 0.839. The second-order valence-electron chi connectivity index (χ2n) is 4.89. The maximum atomic E-state index is 14.1. The lowest BCUT2D eigenvalue weighted by atomic mass is 10.2. The van der Waals surface area contributed by atoms with Crippen molar-refractivity contribution in [2.24, 2.45) is 7.05 Å². The van der Waals surface area contributed by atoms with Gasteiger partial charge in [0.05, 0.1) is 12.2 Å². The van der Waals surface area contributed by atoms with Crippen LogP contribution < -0.4 is 9.04 Å². The summed E-state index contributed by atoms with van der Waals surface area (Å²) < 4.78 is 60.7. The van der Waals surface area contributed by atoms with Gasteiger partial charge in [-0.1, -0.05) is 0 Å². The third-order valence-corrected chi connectivity index (χ3v) is 5.26. The number of aromatic nitrogens is 2. The summed E-state index contributed by atoms with van der Waals surface area (Å²) in [4.78, 5) is -0.0495. The SMILES string of the molecule is Cc1nn(C)cc1S(=O)(=O)N1CCOc2c(F)ccc(F)c21. The number of nitrogens with zero attached hydrogens (tertiary/aromatic N) is 3. The molecule has 1 aliphatic rings. The molecule has 0 saturated carbocycles. The smallest absolute Gasteiger partial charge is 0.268 e. The Hall–Kier alpha value is -2.16. The molecule has 1 aromatic carbocycles. The third-order valence-electron chi connectivity index (χ3n) is 3.36. The lowest BCUT2D eigenvalue weighted by Crippen LogP contribution is -2.39. The van der Waals surface area contributed by atoms with E-state index in [-0.39, 0.29) is 23.7 Å². The van der Waals surface area contributed by atoms with Crippen molar-refractivity contribution in [2.75, 3.05) is 17.5 Å². The van der Waals surface area contributed by atoms with E-state index in [1.165, 1.54) is 17.8 Å². The van der Waals surface area contributed by atoms with Gasteiger partial charge in [0, 0.05) is 13.2 Å². The van der Waals surface area contributed by atoms with E-state index in [4.69, 9.17) is 4.74 Å². The van der Waals surface area contributed by atoms with Crippen LogP contribution in [0, 0.1) is 18.6 Å². The maximum Gasteiger partial charge on any atom is 0.268 e. The second-order valence-corrected chi connectivity index (χ2v) is 6.72. The molecule has 9 heteroatoms. The van der Waals surface area contributed by atoms with Crippen LogP contribution in [-0.4, -0.2) is 31.3 Å². The number of hydrogen-bond acceptors (Lipinski definition) is 4. The predicted molar refractivity (Wildman–Crippen MR) is 74.3 cm³/mol. The first kappa shape index (κ1) is 14.8. The number of hydrogen-bond donors (Lipinski definition) is 0. The molecule has 2 heterocycles. The lowest BCUT2D eigenvalue weighted by molar-refractivity contribution is 0.296. The summed E-state index contributed by atoms with van der Waals surface area (Å²) in [5.41, 5.74) is -0.123. The summed E-state index contributed by atoms with van der Waals surface area (Å²) in [5, 5.41) is 3.98. The Morgan fingerprint density at radius 2 is 1.95 bits per heavy atom. The molecule has 0 N–H and O–H groups in total. The standard InChI is InChI=1S/C13H13F2N3O3S/c1-8-11(7-17(2)16-8)22(19,20)18-5-6-21-13-10(15)4-3-9(14)12(13)18/h3-4,7H,5-6H2,1-2H3. The molecule has 0 bridgehead atoms. The Morgan fingerprint density at radius 3 is 2.59 bits per heavy atom. The average Bonchev–Trinajstić information content (AvgIpc) is 2.82. The number of ether oxygens (including phenoxy) is 1. The van der Waals surface area contributed by atoms with E-state index in [0.717, 1.165) is 16.4 Å². The van der Waals surface area contributed by atoms with Crippen LogP contribution in [0.5, 0.6) is 5.75 Å². The molecule has 0 fully saturated rings. The van der Waals surface area contributed by atoms with Crippen LogP contribution in [0.2, 0.25) is 0 Å². The molecule has 3 rings (SSSR count). The Labute approximate surface area is 126 Å². The van der Waals surface area contributed by atoms with Crippen molar-refractivity contribution in [2.45, 2.75) is 11.8 Å². The second kappa shape index (κ2) is 4.94. The van der Waals surface area contributed by atoms with Gasteiger partial charge in [-0.25, -0.2) is 17.2 Å². The largest absolute Gasteiger partial charge is 0.486 e. The van der Waals surface area contributed by atoms with Gasteiger partial charge >= 0.3 is 0 Å². The van der Waals surface area contributed by atoms with E-state index >= 15 is 0 Å². The van der Waals surface area contributed by atoms with E-state index < -0.39 is 33.1 Å². The number of sulfonamides is 1. The summed E-state index contributed by atoms with van der Waals surface area (Å²) in [6.45, 7) is 1.37. The van der Waals surface area contributed by atoms with Gasteiger partial charge in [-0.2, -0.15) is 5.10 Å². The zero-order valence-corrected chi connectivity index (χ0v) is 12.7. The summed E-state index contributed by atoms with van der Waals surface area (Å²) >= 11 is 0. The number of benzene rings is 1. The maximum absolute atomic E-state index is 14.1. The molecule has 0 saturated heterocycles. The molecule has 0 radical (unpaired) electrons. The Balaban J connectivity index is 2.19. The van der Waals surface area contributed by atoms with Crippen LogP contribution in [0.4, 0.5) is 14.5 Å². The molecule has 0 atom stereocenters. The molecular weight excluding hydrogens is 316 g/mol. The first-order chi connectivity index (χ1) is 10.3. The fourth-order valence-electron chi connectivity index (χ4n) is 2.42. The summed E-state index contributed by atoms with van der Waals surface area (Å²) in [7, 11) is -2.48. The van der Waals surface area contributed by atoms with Gasteiger partial charge < -0.3 is 4.74 Å². The van der Waals surface area contributed by atoms with E-state index in [1.807, 2.05) is 0 Å². The molecule has 2 aromatic rings. The highest BCUT2D eigenvalue weighted by atomic mass is 32.2. The molecule has 6 nitrogen and oxygen atoms in total. The van der Waals surface area contributed by atoms with Crippen LogP contribution >= 0.6 is 0 Å². The minimum absolute atomic E-state index is 0.0495. The van der Waals surface area contributed by atoms with Crippen LogP contribution in [0.25, 0.3) is 0 Å². The average molecular weight is 329 g/mol. The van der Waals surface area contributed by atoms with Gasteiger partial charge in [-0.05, 0) is 19.1 Å². The van der Waals surface area contributed by atoms with E-state index in [9.17, 15) is 17.2 Å². The van der Waals surface area contributed by atoms with E-state index in [2.05, 4.69) is 5.10 Å². The summed E-state index contributed by atoms with van der Waals surface area (Å²) in [6.07, 6.45) is 1.33. The van der Waals surface area contributed by atoms with Crippen LogP contribution in [0.3, 0.4) is 0 Å². The van der Waals surface area contributed by atoms with Crippen molar-refractivity contribution in [3.05, 3.63) is 35.7 Å². The van der Waals surface area contributed by atoms with Gasteiger partial charge in [0.1, 0.15) is 17.2 Å². The molecule has 1 aromatic heterocycles. The topological polar surface area (TPSA) is 64.4 Å². The van der Waals surface area contributed by atoms with Gasteiger partial charge in [-0.15, -0.1) is 0 Å². The number of fused-ring (bicyclic) bond motifs is 1. The summed E-state index contributed by atoms with van der Waals surface area (Å²) in [6, 6.07) is 1.78. The first-order valence-corrected chi connectivity index (χ1v) is 7.90. The van der Waals surface area contributed by atoms with Gasteiger partial charge in [0.25, 0.3) is 10.0 Å². The van der Waals surface area contributed by atoms with Crippen molar-refractivity contribution in [1.29, 1.82) is 0 Å². The van der Waals surface area contributed by atoms with Crippen molar-refractivity contribution >= 4 is 15.7 Å².